The van der Waals surface area contributed by atoms with Crippen LogP contribution in [-0.2, 0) is 16.1 Å². The third-order valence-electron chi connectivity index (χ3n) is 6.58. The average Bonchev–Trinajstić information content (AvgIpc) is 3.25. The largest absolute Gasteiger partial charge is 0.497 e. The monoisotopic (exact) mass is 471 g/mol. The Balaban J connectivity index is 1.65. The van der Waals surface area contributed by atoms with Crippen molar-refractivity contribution in [3.05, 3.63) is 83.9 Å². The molecule has 3 amide bonds. The van der Waals surface area contributed by atoms with E-state index < -0.39 is 11.6 Å². The van der Waals surface area contributed by atoms with E-state index in [1.807, 2.05) is 30.3 Å². The number of methoxy groups -OCH3 is 2. The average molecular weight is 472 g/mol. The van der Waals surface area contributed by atoms with Crippen molar-refractivity contribution < 1.29 is 23.9 Å². The molecule has 0 spiro atoms. The molecule has 0 saturated carbocycles. The van der Waals surface area contributed by atoms with Gasteiger partial charge in [-0.15, -0.1) is 0 Å². The molecule has 1 atom stereocenters. The van der Waals surface area contributed by atoms with E-state index in [-0.39, 0.29) is 31.2 Å². The number of hydrogen-bond donors (Lipinski definition) is 1. The van der Waals surface area contributed by atoms with Gasteiger partial charge < -0.3 is 19.7 Å². The summed E-state index contributed by atoms with van der Waals surface area (Å²) in [6.07, 6.45) is 0.298. The Morgan fingerprint density at radius 1 is 0.971 bits per heavy atom. The zero-order valence-corrected chi connectivity index (χ0v) is 19.5. The van der Waals surface area contributed by atoms with Gasteiger partial charge in [0.05, 0.1) is 31.2 Å². The number of rotatable bonds is 6. The van der Waals surface area contributed by atoms with Crippen LogP contribution in [0, 0.1) is 0 Å². The Kier molecular flexibility index (Phi) is 5.64. The molecule has 0 aromatic heterocycles. The molecule has 0 aliphatic carbocycles. The first-order valence-electron chi connectivity index (χ1n) is 11.3. The van der Waals surface area contributed by atoms with E-state index >= 15 is 0 Å². The van der Waals surface area contributed by atoms with Crippen molar-refractivity contribution in [2.75, 3.05) is 24.4 Å². The molecule has 1 fully saturated rings. The molecule has 5 rings (SSSR count). The van der Waals surface area contributed by atoms with E-state index in [2.05, 4.69) is 5.32 Å². The number of nitrogens with zero attached hydrogens (tertiary/aromatic N) is 2. The smallest absolute Gasteiger partial charge is 0.271 e. The van der Waals surface area contributed by atoms with Gasteiger partial charge in [0.2, 0.25) is 11.6 Å². The quantitative estimate of drug-likeness (QED) is 0.591. The van der Waals surface area contributed by atoms with Gasteiger partial charge in [0.25, 0.3) is 11.8 Å². The summed E-state index contributed by atoms with van der Waals surface area (Å²) in [5.74, 6) is -0.0413. The van der Waals surface area contributed by atoms with E-state index in [4.69, 9.17) is 9.47 Å². The molecule has 3 aromatic rings. The van der Waals surface area contributed by atoms with Crippen molar-refractivity contribution in [2.45, 2.75) is 25.0 Å². The van der Waals surface area contributed by atoms with Crippen molar-refractivity contribution in [3.8, 4) is 11.5 Å². The van der Waals surface area contributed by atoms with Gasteiger partial charge in [-0.25, -0.2) is 0 Å². The van der Waals surface area contributed by atoms with Crippen LogP contribution in [0.2, 0.25) is 0 Å². The summed E-state index contributed by atoms with van der Waals surface area (Å²) in [6.45, 7) is 0.167. The molecule has 2 aliphatic rings. The maximum absolute atomic E-state index is 14.1. The van der Waals surface area contributed by atoms with E-state index in [1.54, 1.807) is 42.5 Å². The highest BCUT2D eigenvalue weighted by molar-refractivity contribution is 6.18. The first kappa shape index (κ1) is 22.5. The summed E-state index contributed by atoms with van der Waals surface area (Å²) in [6, 6.07) is 21.4. The second kappa shape index (κ2) is 8.79. The lowest BCUT2D eigenvalue weighted by molar-refractivity contribution is -0.129. The van der Waals surface area contributed by atoms with Crippen LogP contribution >= 0.6 is 0 Å². The summed E-state index contributed by atoms with van der Waals surface area (Å²) >= 11 is 0. The van der Waals surface area contributed by atoms with Gasteiger partial charge >= 0.3 is 0 Å². The number of carbonyl (C=O) groups is 3. The highest BCUT2D eigenvalue weighted by atomic mass is 16.5. The van der Waals surface area contributed by atoms with Gasteiger partial charge in [-0.05, 0) is 29.8 Å². The second-order valence-electron chi connectivity index (χ2n) is 8.46. The van der Waals surface area contributed by atoms with Crippen molar-refractivity contribution in [1.82, 2.24) is 4.90 Å². The predicted molar refractivity (Wildman–Crippen MR) is 130 cm³/mol. The normalized spacial score (nSPS) is 18.7. The summed E-state index contributed by atoms with van der Waals surface area (Å²) < 4.78 is 10.7. The van der Waals surface area contributed by atoms with E-state index in [0.29, 0.717) is 28.4 Å². The molecule has 3 aromatic carbocycles. The third-order valence-corrected chi connectivity index (χ3v) is 6.58. The number of carbonyl (C=O) groups excluding carboxylic acids is 3. The highest BCUT2D eigenvalue weighted by Crippen LogP contribution is 2.46. The van der Waals surface area contributed by atoms with E-state index in [0.717, 1.165) is 5.56 Å². The molecule has 1 N–H and O–H groups in total. The minimum absolute atomic E-state index is 0.134. The SMILES string of the molecule is COc1ccc(OC)c(NC(=O)[C@@]23CCC(=O)N2c2ccccc2C(=O)N3Cc2ccccc2)c1. The maximum atomic E-state index is 14.1. The Bertz CT molecular complexity index is 1310. The molecule has 1 saturated heterocycles. The van der Waals surface area contributed by atoms with Crippen LogP contribution in [0.5, 0.6) is 11.5 Å². The van der Waals surface area contributed by atoms with E-state index in [9.17, 15) is 14.4 Å². The fourth-order valence-corrected chi connectivity index (χ4v) is 4.90. The first-order chi connectivity index (χ1) is 17.0. The van der Waals surface area contributed by atoms with Crippen molar-refractivity contribution in [3.63, 3.8) is 0 Å². The molecular weight excluding hydrogens is 446 g/mol. The van der Waals surface area contributed by atoms with Crippen LogP contribution in [-0.4, -0.2) is 42.5 Å². The van der Waals surface area contributed by atoms with Crippen molar-refractivity contribution in [2.24, 2.45) is 0 Å². The van der Waals surface area contributed by atoms with Crippen LogP contribution in [0.3, 0.4) is 0 Å². The number of hydrogen-bond acceptors (Lipinski definition) is 5. The summed E-state index contributed by atoms with van der Waals surface area (Å²) in [7, 11) is 3.03. The maximum Gasteiger partial charge on any atom is 0.271 e. The molecule has 8 nitrogen and oxygen atoms in total. The van der Waals surface area contributed by atoms with Crippen LogP contribution in [0.15, 0.2) is 72.8 Å². The van der Waals surface area contributed by atoms with Gasteiger partial charge in [-0.3, -0.25) is 19.3 Å². The minimum atomic E-state index is -1.54. The summed E-state index contributed by atoms with van der Waals surface area (Å²) in [4.78, 5) is 44.2. The molecular formula is C27H25N3O5. The zero-order chi connectivity index (χ0) is 24.6. The number of para-hydroxylation sites is 1. The zero-order valence-electron chi connectivity index (χ0n) is 19.5. The van der Waals surface area contributed by atoms with E-state index in [1.165, 1.54) is 24.0 Å². The Hall–Kier alpha value is -4.33. The molecule has 178 valence electrons. The number of anilines is 2. The summed E-state index contributed by atoms with van der Waals surface area (Å²) in [5, 5.41) is 2.92. The molecule has 0 radical (unpaired) electrons. The lowest BCUT2D eigenvalue weighted by Gasteiger charge is -2.49. The van der Waals surface area contributed by atoms with Crippen LogP contribution in [0.25, 0.3) is 0 Å². The van der Waals surface area contributed by atoms with Gasteiger partial charge in [-0.2, -0.15) is 0 Å². The molecule has 0 bridgehead atoms. The fourth-order valence-electron chi connectivity index (χ4n) is 4.90. The van der Waals surface area contributed by atoms with Crippen LogP contribution < -0.4 is 19.7 Å². The van der Waals surface area contributed by atoms with Gasteiger partial charge in [0.15, 0.2) is 0 Å². The van der Waals surface area contributed by atoms with Crippen LogP contribution in [0.4, 0.5) is 11.4 Å². The molecule has 35 heavy (non-hydrogen) atoms. The second-order valence-corrected chi connectivity index (χ2v) is 8.46. The lowest BCUT2D eigenvalue weighted by Crippen LogP contribution is -2.69. The molecule has 8 heteroatoms. The number of fused-ring (bicyclic) bond motifs is 3. The third kappa shape index (κ3) is 3.58. The van der Waals surface area contributed by atoms with Gasteiger partial charge in [0, 0.05) is 25.5 Å². The Labute approximate surface area is 203 Å². The summed E-state index contributed by atoms with van der Waals surface area (Å²) in [5.41, 5.74) is 0.534. The molecule has 2 heterocycles. The molecule has 0 unspecified atom stereocenters. The lowest BCUT2D eigenvalue weighted by atomic mass is 9.94. The first-order valence-corrected chi connectivity index (χ1v) is 11.3. The minimum Gasteiger partial charge on any atom is -0.497 e. The molecule has 2 aliphatic heterocycles. The predicted octanol–water partition coefficient (Wildman–Crippen LogP) is 3.82. The van der Waals surface area contributed by atoms with Crippen LogP contribution in [0.1, 0.15) is 28.8 Å². The van der Waals surface area contributed by atoms with Gasteiger partial charge in [-0.1, -0.05) is 42.5 Å². The van der Waals surface area contributed by atoms with Crippen molar-refractivity contribution >= 4 is 29.1 Å². The van der Waals surface area contributed by atoms with Gasteiger partial charge in [0.1, 0.15) is 11.5 Å². The topological polar surface area (TPSA) is 88.2 Å². The fraction of sp³-hybridized carbons (Fsp3) is 0.222. The number of ether oxygens (including phenoxy) is 2. The highest BCUT2D eigenvalue weighted by Gasteiger charge is 2.60. The Morgan fingerprint density at radius 3 is 2.46 bits per heavy atom. The Morgan fingerprint density at radius 2 is 1.71 bits per heavy atom. The van der Waals surface area contributed by atoms with Crippen molar-refractivity contribution in [1.29, 1.82) is 0 Å². The number of benzene rings is 3. The number of nitrogens with one attached hydrogen (secondary N) is 1. The number of amides is 3. The standard InChI is InChI=1S/C27H25N3O5/c1-34-19-12-13-23(35-2)21(16-19)28-26(33)27-15-14-24(31)30(27)22-11-7-6-10-20(22)25(32)29(27)17-18-8-4-3-5-9-18/h3-13,16H,14-15,17H2,1-2H3,(H,28,33)/t27-/m1/s1.